The molecule has 7 heteroatoms. The van der Waals surface area contributed by atoms with Crippen molar-refractivity contribution >= 4 is 5.91 Å². The minimum atomic E-state index is -0.412. The van der Waals surface area contributed by atoms with Gasteiger partial charge in [0.05, 0.1) is 25.7 Å². The molecule has 2 aromatic carbocycles. The maximum atomic E-state index is 12.9. The summed E-state index contributed by atoms with van der Waals surface area (Å²) in [5, 5.41) is 7.52. The Morgan fingerprint density at radius 2 is 2.00 bits per heavy atom. The van der Waals surface area contributed by atoms with Crippen LogP contribution >= 0.6 is 0 Å². The number of rotatable bonds is 8. The highest BCUT2D eigenvalue weighted by Gasteiger charge is 2.31. The lowest BCUT2D eigenvalue weighted by Crippen LogP contribution is -2.36. The molecule has 1 aromatic heterocycles. The fourth-order valence-electron chi connectivity index (χ4n) is 4.13. The van der Waals surface area contributed by atoms with Gasteiger partial charge in [0.1, 0.15) is 5.82 Å². The van der Waals surface area contributed by atoms with Crippen LogP contribution in [0.3, 0.4) is 0 Å². The number of hydrogen-bond acceptors (Lipinski definition) is 4. The van der Waals surface area contributed by atoms with Crippen molar-refractivity contribution in [3.05, 3.63) is 87.1 Å². The first-order chi connectivity index (χ1) is 15.5. The van der Waals surface area contributed by atoms with E-state index < -0.39 is 5.92 Å². The average molecular weight is 435 g/mol. The minimum Gasteiger partial charge on any atom is -0.375 e. The van der Waals surface area contributed by atoms with Crippen molar-refractivity contribution in [1.29, 1.82) is 0 Å². The molecule has 0 saturated heterocycles. The second-order valence-corrected chi connectivity index (χ2v) is 8.40. The van der Waals surface area contributed by atoms with Gasteiger partial charge in [-0.3, -0.25) is 9.36 Å². The molecule has 1 unspecified atom stereocenters. The molecule has 0 spiro atoms. The first-order valence-electron chi connectivity index (χ1n) is 11.2. The highest BCUT2D eigenvalue weighted by Crippen LogP contribution is 2.24. The van der Waals surface area contributed by atoms with Crippen molar-refractivity contribution in [3.63, 3.8) is 0 Å². The van der Waals surface area contributed by atoms with E-state index in [1.807, 2.05) is 44.2 Å². The quantitative estimate of drug-likeness (QED) is 0.553. The van der Waals surface area contributed by atoms with Crippen LogP contribution in [0.4, 0.5) is 0 Å². The number of aryl methyl sites for hydroxylation is 2. The number of benzene rings is 2. The summed E-state index contributed by atoms with van der Waals surface area (Å²) in [7, 11) is 0. The van der Waals surface area contributed by atoms with Crippen LogP contribution in [0.1, 0.15) is 46.8 Å². The third kappa shape index (κ3) is 4.99. The Kier molecular flexibility index (Phi) is 6.85. The zero-order valence-electron chi connectivity index (χ0n) is 18.7. The van der Waals surface area contributed by atoms with Crippen molar-refractivity contribution in [2.24, 2.45) is 0 Å². The number of amides is 1. The Bertz CT molecular complexity index is 1130. The molecule has 1 amide bonds. The van der Waals surface area contributed by atoms with Crippen molar-refractivity contribution in [2.75, 3.05) is 13.2 Å². The first-order valence-corrected chi connectivity index (χ1v) is 11.2. The average Bonchev–Trinajstić information content (AvgIpc) is 3.12. The summed E-state index contributed by atoms with van der Waals surface area (Å²) in [4.78, 5) is 25.8. The van der Waals surface area contributed by atoms with Gasteiger partial charge in [-0.1, -0.05) is 54.1 Å². The fourth-order valence-corrected chi connectivity index (χ4v) is 4.13. The third-order valence-electron chi connectivity index (χ3n) is 5.94. The van der Waals surface area contributed by atoms with Crippen molar-refractivity contribution in [2.45, 2.75) is 52.3 Å². The van der Waals surface area contributed by atoms with Crippen LogP contribution in [0.2, 0.25) is 0 Å². The van der Waals surface area contributed by atoms with E-state index in [1.165, 1.54) is 4.68 Å². The Morgan fingerprint density at radius 1 is 1.19 bits per heavy atom. The van der Waals surface area contributed by atoms with Crippen LogP contribution in [-0.4, -0.2) is 33.4 Å². The predicted octanol–water partition coefficient (Wildman–Crippen LogP) is 2.92. The van der Waals surface area contributed by atoms with Crippen LogP contribution in [0.5, 0.6) is 0 Å². The summed E-state index contributed by atoms with van der Waals surface area (Å²) >= 11 is 0. The molecule has 1 N–H and O–H groups in total. The molecule has 0 saturated carbocycles. The van der Waals surface area contributed by atoms with Crippen molar-refractivity contribution in [3.8, 4) is 0 Å². The van der Waals surface area contributed by atoms with Crippen LogP contribution < -0.4 is 11.0 Å². The van der Waals surface area contributed by atoms with Gasteiger partial charge in [0.2, 0.25) is 5.91 Å². The SMILES string of the molecule is Cc1ccc(C)c(Cn2nc3n(c2=O)CCCC3C(=O)NCCOCc2ccccc2)c1. The lowest BCUT2D eigenvalue weighted by molar-refractivity contribution is -0.123. The lowest BCUT2D eigenvalue weighted by atomic mass is 9.98. The molecule has 4 rings (SSSR count). The molecular formula is C25H30N4O3. The number of nitrogens with zero attached hydrogens (tertiary/aromatic N) is 3. The summed E-state index contributed by atoms with van der Waals surface area (Å²) in [5.41, 5.74) is 4.29. The molecule has 2 heterocycles. The Balaban J connectivity index is 1.38. The van der Waals surface area contributed by atoms with Crippen LogP contribution in [-0.2, 0) is 29.2 Å². The second-order valence-electron chi connectivity index (χ2n) is 8.40. The van der Waals surface area contributed by atoms with E-state index in [2.05, 4.69) is 28.6 Å². The maximum absolute atomic E-state index is 12.9. The van der Waals surface area contributed by atoms with Gasteiger partial charge in [0.15, 0.2) is 0 Å². The van der Waals surface area contributed by atoms with E-state index in [1.54, 1.807) is 4.57 Å². The van der Waals surface area contributed by atoms with Crippen LogP contribution in [0, 0.1) is 13.8 Å². The van der Waals surface area contributed by atoms with Gasteiger partial charge in [-0.05, 0) is 43.4 Å². The Morgan fingerprint density at radius 3 is 2.81 bits per heavy atom. The van der Waals surface area contributed by atoms with Gasteiger partial charge in [-0.15, -0.1) is 0 Å². The monoisotopic (exact) mass is 434 g/mol. The van der Waals surface area contributed by atoms with E-state index in [9.17, 15) is 9.59 Å². The number of hydrogen-bond donors (Lipinski definition) is 1. The molecular weight excluding hydrogens is 404 g/mol. The van der Waals surface area contributed by atoms with E-state index in [0.717, 1.165) is 28.7 Å². The zero-order chi connectivity index (χ0) is 22.5. The highest BCUT2D eigenvalue weighted by molar-refractivity contribution is 5.82. The third-order valence-corrected chi connectivity index (χ3v) is 5.94. The summed E-state index contributed by atoms with van der Waals surface area (Å²) in [6, 6.07) is 16.1. The fraction of sp³-hybridized carbons (Fsp3) is 0.400. The maximum Gasteiger partial charge on any atom is 0.346 e. The van der Waals surface area contributed by atoms with Crippen molar-refractivity contribution in [1.82, 2.24) is 19.7 Å². The molecule has 7 nitrogen and oxygen atoms in total. The smallest absolute Gasteiger partial charge is 0.346 e. The van der Waals surface area contributed by atoms with Crippen LogP contribution in [0.25, 0.3) is 0 Å². The summed E-state index contributed by atoms with van der Waals surface area (Å²) in [6.45, 7) is 6.46. The number of nitrogens with one attached hydrogen (secondary N) is 1. The van der Waals surface area contributed by atoms with Gasteiger partial charge < -0.3 is 10.1 Å². The van der Waals surface area contributed by atoms with E-state index in [-0.39, 0.29) is 11.6 Å². The number of carbonyl (C=O) groups is 1. The van der Waals surface area contributed by atoms with Crippen molar-refractivity contribution < 1.29 is 9.53 Å². The zero-order valence-corrected chi connectivity index (χ0v) is 18.7. The molecule has 0 aliphatic carbocycles. The van der Waals surface area contributed by atoms with Gasteiger partial charge in [-0.25, -0.2) is 9.48 Å². The summed E-state index contributed by atoms with van der Waals surface area (Å²) in [6.07, 6.45) is 1.47. The molecule has 1 aliphatic heterocycles. The van der Waals surface area contributed by atoms with Gasteiger partial charge in [0, 0.05) is 13.1 Å². The van der Waals surface area contributed by atoms with E-state index >= 15 is 0 Å². The van der Waals surface area contributed by atoms with E-state index in [0.29, 0.717) is 45.1 Å². The molecule has 1 aliphatic rings. The number of ether oxygens (including phenoxy) is 1. The molecule has 32 heavy (non-hydrogen) atoms. The topological polar surface area (TPSA) is 78.2 Å². The molecule has 0 fully saturated rings. The highest BCUT2D eigenvalue weighted by atomic mass is 16.5. The predicted molar refractivity (Wildman–Crippen MR) is 123 cm³/mol. The van der Waals surface area contributed by atoms with Gasteiger partial charge in [0.25, 0.3) is 0 Å². The number of fused-ring (bicyclic) bond motifs is 1. The lowest BCUT2D eigenvalue weighted by Gasteiger charge is -2.21. The summed E-state index contributed by atoms with van der Waals surface area (Å²) in [5.74, 6) is 0.0536. The first kappa shape index (κ1) is 22.0. The largest absolute Gasteiger partial charge is 0.375 e. The molecule has 1 atom stereocenters. The van der Waals surface area contributed by atoms with Gasteiger partial charge in [-0.2, -0.15) is 5.10 Å². The normalized spacial score (nSPS) is 15.4. The standard InChI is InChI=1S/C25H30N4O3/c1-18-10-11-19(2)21(15-18)16-29-25(31)28-13-6-9-22(23(28)27-29)24(30)26-12-14-32-17-20-7-4-3-5-8-20/h3-5,7-8,10-11,15,22H,6,9,12-14,16-17H2,1-2H3,(H,26,30). The van der Waals surface area contributed by atoms with E-state index in [4.69, 9.17) is 4.74 Å². The number of carbonyl (C=O) groups excluding carboxylic acids is 1. The van der Waals surface area contributed by atoms with Gasteiger partial charge >= 0.3 is 5.69 Å². The second kappa shape index (κ2) is 9.96. The Labute approximate surface area is 188 Å². The van der Waals surface area contributed by atoms with Crippen LogP contribution in [0.15, 0.2) is 53.3 Å². The summed E-state index contributed by atoms with van der Waals surface area (Å²) < 4.78 is 8.80. The Hall–Kier alpha value is -3.19. The molecule has 168 valence electrons. The molecule has 0 bridgehead atoms. The number of aromatic nitrogens is 3. The minimum absolute atomic E-state index is 0.0989. The molecule has 3 aromatic rings. The molecule has 0 radical (unpaired) electrons.